The Morgan fingerprint density at radius 3 is 2.06 bits per heavy atom. The number of rotatable bonds is 1. The van der Waals surface area contributed by atoms with Crippen LogP contribution in [0.2, 0.25) is 0 Å². The quantitative estimate of drug-likeness (QED) is 0.495. The van der Waals surface area contributed by atoms with Gasteiger partial charge in [0, 0.05) is 19.5 Å². The van der Waals surface area contributed by atoms with Crippen LogP contribution >= 0.6 is 0 Å². The fourth-order valence-corrected chi connectivity index (χ4v) is 1.16. The van der Waals surface area contributed by atoms with Gasteiger partial charge in [-0.15, -0.1) is 0 Å². The predicted octanol–water partition coefficient (Wildman–Crippen LogP) is 0.825. The Hall–Kier alpha value is -1.10. The number of hydrogen-bond acceptors (Lipinski definition) is 4. The van der Waals surface area contributed by atoms with Crippen LogP contribution in [-0.2, 0) is 19.1 Å². The molecule has 0 aromatic carbocycles. The first-order valence-electron chi connectivity index (χ1n) is 5.75. The molecule has 2 fully saturated rings. The normalized spacial score (nSPS) is 18.6. The second-order valence-corrected chi connectivity index (χ2v) is 3.08. The zero-order chi connectivity index (χ0) is 12.2. The van der Waals surface area contributed by atoms with Crippen LogP contribution in [0, 0.1) is 0 Å². The summed E-state index contributed by atoms with van der Waals surface area (Å²) in [6.07, 6.45) is 2.40. The topological polar surface area (TPSA) is 55.8 Å². The number of nitrogens with zero attached hydrogens (tertiary/aromatic N) is 1. The number of carbonyl (C=O) groups excluding carboxylic acids is 2. The van der Waals surface area contributed by atoms with E-state index in [2.05, 4.69) is 4.74 Å². The molecule has 2 saturated heterocycles. The van der Waals surface area contributed by atoms with Gasteiger partial charge >= 0.3 is 5.97 Å². The summed E-state index contributed by atoms with van der Waals surface area (Å²) in [4.78, 5) is 21.8. The van der Waals surface area contributed by atoms with E-state index in [1.807, 2.05) is 13.8 Å². The molecule has 0 aromatic heterocycles. The van der Waals surface area contributed by atoms with Gasteiger partial charge in [0.2, 0.25) is 6.41 Å². The summed E-state index contributed by atoms with van der Waals surface area (Å²) in [5, 5.41) is 0. The van der Waals surface area contributed by atoms with Gasteiger partial charge in [-0.1, -0.05) is 13.8 Å². The molecule has 94 valence electrons. The Labute approximate surface area is 96.7 Å². The molecule has 2 aliphatic heterocycles. The summed E-state index contributed by atoms with van der Waals surface area (Å²) >= 11 is 0. The first kappa shape index (κ1) is 14.9. The summed E-state index contributed by atoms with van der Waals surface area (Å²) in [6.45, 7) is 7.53. The largest absolute Gasteiger partial charge is 0.466 e. The van der Waals surface area contributed by atoms with E-state index < -0.39 is 0 Å². The van der Waals surface area contributed by atoms with Crippen molar-refractivity contribution in [2.45, 2.75) is 26.7 Å². The average molecular weight is 231 g/mol. The van der Waals surface area contributed by atoms with Gasteiger partial charge in [-0.3, -0.25) is 9.59 Å². The number of cyclic esters (lactones) is 1. The Balaban J connectivity index is 0.000000251. The molecule has 2 heterocycles. The van der Waals surface area contributed by atoms with Gasteiger partial charge < -0.3 is 14.4 Å². The van der Waals surface area contributed by atoms with Crippen molar-refractivity contribution < 1.29 is 19.1 Å². The predicted molar refractivity (Wildman–Crippen MR) is 60.0 cm³/mol. The van der Waals surface area contributed by atoms with Crippen LogP contribution in [0.5, 0.6) is 0 Å². The van der Waals surface area contributed by atoms with Crippen molar-refractivity contribution in [3.63, 3.8) is 0 Å². The summed E-state index contributed by atoms with van der Waals surface area (Å²) in [7, 11) is 0. The molecule has 0 aromatic rings. The van der Waals surface area contributed by atoms with Crippen LogP contribution in [0.3, 0.4) is 0 Å². The lowest BCUT2D eigenvalue weighted by Gasteiger charge is -2.21. The van der Waals surface area contributed by atoms with Crippen LogP contribution in [0.1, 0.15) is 26.7 Å². The maximum absolute atomic E-state index is 10.0. The maximum Gasteiger partial charge on any atom is 0.305 e. The lowest BCUT2D eigenvalue weighted by atomic mass is 10.4. The van der Waals surface area contributed by atoms with E-state index in [9.17, 15) is 9.59 Å². The van der Waals surface area contributed by atoms with Gasteiger partial charge in [-0.05, 0) is 6.42 Å². The van der Waals surface area contributed by atoms with Crippen LogP contribution in [0.25, 0.3) is 0 Å². The van der Waals surface area contributed by atoms with Gasteiger partial charge in [0.15, 0.2) is 0 Å². The summed E-state index contributed by atoms with van der Waals surface area (Å²) in [6, 6.07) is 0. The van der Waals surface area contributed by atoms with Gasteiger partial charge in [0.25, 0.3) is 0 Å². The van der Waals surface area contributed by atoms with Crippen LogP contribution in [0.4, 0.5) is 0 Å². The van der Waals surface area contributed by atoms with E-state index in [1.54, 1.807) is 4.90 Å². The summed E-state index contributed by atoms with van der Waals surface area (Å²) in [5.74, 6) is -0.0463. The maximum atomic E-state index is 10.0. The first-order valence-corrected chi connectivity index (χ1v) is 5.75. The molecule has 0 aliphatic carbocycles. The van der Waals surface area contributed by atoms with Crippen molar-refractivity contribution in [1.29, 1.82) is 0 Å². The molecule has 2 aliphatic rings. The van der Waals surface area contributed by atoms with Crippen molar-refractivity contribution in [2.75, 3.05) is 32.9 Å². The molecular weight excluding hydrogens is 210 g/mol. The lowest BCUT2D eigenvalue weighted by Crippen LogP contribution is -2.34. The minimum absolute atomic E-state index is 0.0463. The Morgan fingerprint density at radius 2 is 1.81 bits per heavy atom. The molecule has 0 radical (unpaired) electrons. The number of esters is 1. The third kappa shape index (κ3) is 7.23. The molecule has 2 rings (SSSR count). The minimum Gasteiger partial charge on any atom is -0.466 e. The van der Waals surface area contributed by atoms with E-state index >= 15 is 0 Å². The monoisotopic (exact) mass is 231 g/mol. The number of hydrogen-bond donors (Lipinski definition) is 0. The third-order valence-electron chi connectivity index (χ3n) is 1.98. The Kier molecular flexibility index (Phi) is 9.70. The SMILES string of the molecule is CC.O=C1CCCO1.O=CN1CCOCC1. The summed E-state index contributed by atoms with van der Waals surface area (Å²) < 4.78 is 9.51. The highest BCUT2D eigenvalue weighted by molar-refractivity contribution is 5.70. The second-order valence-electron chi connectivity index (χ2n) is 3.08. The number of amides is 1. The molecular formula is C11H21NO4. The highest BCUT2D eigenvalue weighted by Gasteiger charge is 2.08. The van der Waals surface area contributed by atoms with E-state index in [0.29, 0.717) is 26.2 Å². The van der Waals surface area contributed by atoms with Crippen LogP contribution < -0.4 is 0 Å². The number of morpholine rings is 1. The fraction of sp³-hybridized carbons (Fsp3) is 0.818. The third-order valence-corrected chi connectivity index (χ3v) is 1.98. The number of ether oxygens (including phenoxy) is 2. The molecule has 0 saturated carbocycles. The molecule has 0 spiro atoms. The second kappa shape index (κ2) is 10.4. The Bertz CT molecular complexity index is 182. The van der Waals surface area contributed by atoms with Gasteiger partial charge in [0.05, 0.1) is 19.8 Å². The van der Waals surface area contributed by atoms with E-state index in [0.717, 1.165) is 25.9 Å². The van der Waals surface area contributed by atoms with Gasteiger partial charge in [-0.25, -0.2) is 0 Å². The smallest absolute Gasteiger partial charge is 0.305 e. The molecule has 0 bridgehead atoms. The van der Waals surface area contributed by atoms with Crippen molar-refractivity contribution in [1.82, 2.24) is 4.90 Å². The van der Waals surface area contributed by atoms with E-state index in [-0.39, 0.29) is 5.97 Å². The molecule has 5 heteroatoms. The molecule has 0 atom stereocenters. The van der Waals surface area contributed by atoms with Crippen LogP contribution in [0.15, 0.2) is 0 Å². The summed E-state index contributed by atoms with van der Waals surface area (Å²) in [5.41, 5.74) is 0. The standard InChI is InChI=1S/C5H9NO2.C4H6O2.C2H6/c7-5-6-1-3-8-4-2-6;5-4-2-1-3-6-4;1-2/h5H,1-4H2;1-3H2;1-2H3. The van der Waals surface area contributed by atoms with Gasteiger partial charge in [0.1, 0.15) is 0 Å². The van der Waals surface area contributed by atoms with Crippen molar-refractivity contribution in [2.24, 2.45) is 0 Å². The zero-order valence-electron chi connectivity index (χ0n) is 10.1. The molecule has 16 heavy (non-hydrogen) atoms. The molecule has 0 unspecified atom stereocenters. The minimum atomic E-state index is -0.0463. The first-order chi connectivity index (χ1) is 7.83. The van der Waals surface area contributed by atoms with Crippen molar-refractivity contribution in [3.8, 4) is 0 Å². The van der Waals surface area contributed by atoms with E-state index in [4.69, 9.17) is 4.74 Å². The molecule has 1 amide bonds. The van der Waals surface area contributed by atoms with Crippen molar-refractivity contribution in [3.05, 3.63) is 0 Å². The highest BCUT2D eigenvalue weighted by atomic mass is 16.5. The Morgan fingerprint density at radius 1 is 1.19 bits per heavy atom. The lowest BCUT2D eigenvalue weighted by molar-refractivity contribution is -0.137. The van der Waals surface area contributed by atoms with Crippen molar-refractivity contribution >= 4 is 12.4 Å². The zero-order valence-corrected chi connectivity index (χ0v) is 10.1. The molecule has 0 N–H and O–H groups in total. The number of carbonyl (C=O) groups is 2. The average Bonchev–Trinajstić information content (AvgIpc) is 2.85. The highest BCUT2D eigenvalue weighted by Crippen LogP contribution is 2.01. The fourth-order valence-electron chi connectivity index (χ4n) is 1.16. The van der Waals surface area contributed by atoms with E-state index in [1.165, 1.54) is 0 Å². The van der Waals surface area contributed by atoms with Crippen LogP contribution in [-0.4, -0.2) is 50.2 Å². The van der Waals surface area contributed by atoms with Gasteiger partial charge in [-0.2, -0.15) is 0 Å². The molecule has 5 nitrogen and oxygen atoms in total.